The molecule has 0 aliphatic carbocycles. The largest absolute Gasteiger partial charge is 0.497 e. The molecule has 7 nitrogen and oxygen atoms in total. The summed E-state index contributed by atoms with van der Waals surface area (Å²) in [4.78, 5) is 19.1. The number of esters is 1. The van der Waals surface area contributed by atoms with E-state index in [9.17, 15) is 4.79 Å². The van der Waals surface area contributed by atoms with Gasteiger partial charge in [0.05, 0.1) is 27.4 Å². The molecule has 0 bridgehead atoms. The van der Waals surface area contributed by atoms with Gasteiger partial charge in [-0.15, -0.1) is 0 Å². The van der Waals surface area contributed by atoms with E-state index >= 15 is 0 Å². The van der Waals surface area contributed by atoms with Gasteiger partial charge in [0.1, 0.15) is 11.6 Å². The molecular weight excluding hydrogens is 310 g/mol. The molecule has 1 aromatic heterocycles. The Hall–Kier alpha value is -2.54. The van der Waals surface area contributed by atoms with Crippen molar-refractivity contribution in [1.82, 2.24) is 9.55 Å². The molecule has 1 fully saturated rings. The third-order valence-corrected chi connectivity index (χ3v) is 4.11. The van der Waals surface area contributed by atoms with Crippen LogP contribution in [-0.2, 0) is 16.5 Å². The number of rotatable bonds is 4. The van der Waals surface area contributed by atoms with Crippen LogP contribution in [0.1, 0.15) is 10.5 Å². The Bertz CT molecular complexity index is 718. The lowest BCUT2D eigenvalue weighted by atomic mass is 10.2. The zero-order valence-electron chi connectivity index (χ0n) is 14.1. The van der Waals surface area contributed by atoms with Gasteiger partial charge in [0, 0.05) is 25.7 Å². The van der Waals surface area contributed by atoms with E-state index in [1.54, 1.807) is 11.7 Å². The van der Waals surface area contributed by atoms with Crippen LogP contribution in [0.2, 0.25) is 0 Å². The van der Waals surface area contributed by atoms with Crippen molar-refractivity contribution >= 4 is 11.8 Å². The highest BCUT2D eigenvalue weighted by Crippen LogP contribution is 2.29. The SMILES string of the molecule is COC(=O)c1c(N2CCOCC2)nc(-c2ccc(OC)cc2)n1C. The maximum Gasteiger partial charge on any atom is 0.358 e. The summed E-state index contributed by atoms with van der Waals surface area (Å²) in [5, 5.41) is 0. The van der Waals surface area contributed by atoms with E-state index in [2.05, 4.69) is 4.90 Å². The van der Waals surface area contributed by atoms with Gasteiger partial charge < -0.3 is 23.7 Å². The van der Waals surface area contributed by atoms with Crippen LogP contribution in [0.3, 0.4) is 0 Å². The first-order chi connectivity index (χ1) is 11.7. The predicted molar refractivity (Wildman–Crippen MR) is 89.6 cm³/mol. The predicted octanol–water partition coefficient (Wildman–Crippen LogP) is 1.72. The third-order valence-electron chi connectivity index (χ3n) is 4.11. The number of anilines is 1. The highest BCUT2D eigenvalue weighted by atomic mass is 16.5. The van der Waals surface area contributed by atoms with Crippen LogP contribution in [0.4, 0.5) is 5.82 Å². The third kappa shape index (κ3) is 2.94. The van der Waals surface area contributed by atoms with E-state index < -0.39 is 5.97 Å². The van der Waals surface area contributed by atoms with Crippen molar-refractivity contribution in [2.75, 3.05) is 45.4 Å². The average Bonchev–Trinajstić information content (AvgIpc) is 2.99. The molecule has 0 saturated carbocycles. The van der Waals surface area contributed by atoms with Crippen molar-refractivity contribution in [2.24, 2.45) is 7.05 Å². The zero-order valence-corrected chi connectivity index (χ0v) is 14.1. The van der Waals surface area contributed by atoms with E-state index in [1.807, 2.05) is 31.3 Å². The van der Waals surface area contributed by atoms with E-state index in [4.69, 9.17) is 19.2 Å². The molecular formula is C17H21N3O4. The molecule has 0 spiro atoms. The Morgan fingerprint density at radius 3 is 2.42 bits per heavy atom. The van der Waals surface area contributed by atoms with Crippen LogP contribution < -0.4 is 9.64 Å². The molecule has 0 radical (unpaired) electrons. The number of hydrogen-bond acceptors (Lipinski definition) is 6. The normalized spacial score (nSPS) is 14.5. The number of morpholine rings is 1. The zero-order chi connectivity index (χ0) is 17.1. The number of nitrogens with zero attached hydrogens (tertiary/aromatic N) is 3. The second-order valence-electron chi connectivity index (χ2n) is 5.49. The Morgan fingerprint density at radius 1 is 1.17 bits per heavy atom. The molecule has 2 heterocycles. The smallest absolute Gasteiger partial charge is 0.358 e. The monoisotopic (exact) mass is 331 g/mol. The van der Waals surface area contributed by atoms with Gasteiger partial charge in [0.25, 0.3) is 0 Å². The molecule has 7 heteroatoms. The summed E-state index contributed by atoms with van der Waals surface area (Å²) in [6.45, 7) is 2.64. The van der Waals surface area contributed by atoms with Crippen molar-refractivity contribution in [1.29, 1.82) is 0 Å². The Kier molecular flexibility index (Phi) is 4.71. The van der Waals surface area contributed by atoms with Crippen molar-refractivity contribution in [3.63, 3.8) is 0 Å². The lowest BCUT2D eigenvalue weighted by Crippen LogP contribution is -2.37. The van der Waals surface area contributed by atoms with Crippen molar-refractivity contribution in [2.45, 2.75) is 0 Å². The quantitative estimate of drug-likeness (QED) is 0.795. The molecule has 1 aromatic carbocycles. The van der Waals surface area contributed by atoms with Gasteiger partial charge in [-0.2, -0.15) is 0 Å². The Balaban J connectivity index is 2.06. The van der Waals surface area contributed by atoms with Crippen LogP contribution in [0.25, 0.3) is 11.4 Å². The summed E-state index contributed by atoms with van der Waals surface area (Å²) >= 11 is 0. The summed E-state index contributed by atoms with van der Waals surface area (Å²) in [7, 11) is 4.83. The molecule has 0 unspecified atom stereocenters. The summed E-state index contributed by atoms with van der Waals surface area (Å²) in [5.41, 5.74) is 1.35. The van der Waals surface area contributed by atoms with Crippen LogP contribution >= 0.6 is 0 Å². The topological polar surface area (TPSA) is 65.8 Å². The molecule has 0 amide bonds. The van der Waals surface area contributed by atoms with Crippen molar-refractivity contribution in [3.05, 3.63) is 30.0 Å². The van der Waals surface area contributed by atoms with E-state index in [0.29, 0.717) is 43.6 Å². The van der Waals surface area contributed by atoms with E-state index in [-0.39, 0.29) is 0 Å². The fraction of sp³-hybridized carbons (Fsp3) is 0.412. The Morgan fingerprint density at radius 2 is 1.83 bits per heavy atom. The number of hydrogen-bond donors (Lipinski definition) is 0. The minimum Gasteiger partial charge on any atom is -0.497 e. The molecule has 1 aliphatic rings. The number of imidazole rings is 1. The maximum absolute atomic E-state index is 12.3. The van der Waals surface area contributed by atoms with Gasteiger partial charge in [-0.05, 0) is 24.3 Å². The van der Waals surface area contributed by atoms with Crippen LogP contribution in [0, 0.1) is 0 Å². The lowest BCUT2D eigenvalue weighted by molar-refractivity contribution is 0.0589. The number of benzene rings is 1. The molecule has 1 saturated heterocycles. The summed E-state index contributed by atoms with van der Waals surface area (Å²) < 4.78 is 17.3. The summed E-state index contributed by atoms with van der Waals surface area (Å²) in [5.74, 6) is 1.72. The summed E-state index contributed by atoms with van der Waals surface area (Å²) in [6, 6.07) is 7.59. The van der Waals surface area contributed by atoms with E-state index in [1.165, 1.54) is 7.11 Å². The second-order valence-corrected chi connectivity index (χ2v) is 5.49. The van der Waals surface area contributed by atoms with Crippen LogP contribution in [0.5, 0.6) is 5.75 Å². The van der Waals surface area contributed by atoms with Gasteiger partial charge in [-0.3, -0.25) is 0 Å². The molecule has 128 valence electrons. The first kappa shape index (κ1) is 16.3. The molecule has 2 aromatic rings. The number of carbonyl (C=O) groups excluding carboxylic acids is 1. The van der Waals surface area contributed by atoms with Gasteiger partial charge in [-0.1, -0.05) is 0 Å². The number of ether oxygens (including phenoxy) is 3. The molecule has 24 heavy (non-hydrogen) atoms. The molecule has 1 aliphatic heterocycles. The van der Waals surface area contributed by atoms with E-state index in [0.717, 1.165) is 11.3 Å². The number of carbonyl (C=O) groups is 1. The highest BCUT2D eigenvalue weighted by Gasteiger charge is 2.27. The Labute approximate surface area is 140 Å². The van der Waals surface area contributed by atoms with Gasteiger partial charge >= 0.3 is 5.97 Å². The van der Waals surface area contributed by atoms with Gasteiger partial charge in [0.2, 0.25) is 0 Å². The van der Waals surface area contributed by atoms with Gasteiger partial charge in [-0.25, -0.2) is 9.78 Å². The highest BCUT2D eigenvalue weighted by molar-refractivity contribution is 5.94. The lowest BCUT2D eigenvalue weighted by Gasteiger charge is -2.27. The standard InChI is InChI=1S/C17H21N3O4/c1-19-14(17(21)23-3)16(20-8-10-24-11-9-20)18-15(19)12-4-6-13(22-2)7-5-12/h4-7H,8-11H2,1-3H3. The summed E-state index contributed by atoms with van der Waals surface area (Å²) in [6.07, 6.45) is 0. The van der Waals surface area contributed by atoms with Crippen LogP contribution in [0.15, 0.2) is 24.3 Å². The molecule has 3 rings (SSSR count). The molecule has 0 N–H and O–H groups in total. The van der Waals surface area contributed by atoms with Crippen LogP contribution in [-0.4, -0.2) is 56.0 Å². The minimum atomic E-state index is -0.397. The maximum atomic E-state index is 12.3. The van der Waals surface area contributed by atoms with Crippen molar-refractivity contribution < 1.29 is 19.0 Å². The number of aromatic nitrogens is 2. The second kappa shape index (κ2) is 6.92. The number of methoxy groups -OCH3 is 2. The fourth-order valence-electron chi connectivity index (χ4n) is 2.80. The van der Waals surface area contributed by atoms with Crippen molar-refractivity contribution in [3.8, 4) is 17.1 Å². The first-order valence-corrected chi connectivity index (χ1v) is 7.78. The average molecular weight is 331 g/mol. The molecule has 0 atom stereocenters. The fourth-order valence-corrected chi connectivity index (χ4v) is 2.80. The van der Waals surface area contributed by atoms with Gasteiger partial charge in [0.15, 0.2) is 11.5 Å². The first-order valence-electron chi connectivity index (χ1n) is 7.78. The minimum absolute atomic E-state index is 0.397.